The third kappa shape index (κ3) is 5.27. The molecule has 4 rings (SSSR count). The van der Waals surface area contributed by atoms with E-state index in [0.717, 1.165) is 5.56 Å². The second-order valence-electron chi connectivity index (χ2n) is 7.26. The Labute approximate surface area is 189 Å². The molecule has 0 fully saturated rings. The van der Waals surface area contributed by atoms with Gasteiger partial charge in [-0.3, -0.25) is 4.79 Å². The molecule has 3 aromatic carbocycles. The molecule has 1 heterocycles. The Kier molecular flexibility index (Phi) is 6.50. The fourth-order valence-electron chi connectivity index (χ4n) is 3.29. The third-order valence-electron chi connectivity index (χ3n) is 5.01. The molecule has 1 aromatic heterocycles. The molecule has 0 aliphatic carbocycles. The molecule has 0 unspecified atom stereocenters. The highest BCUT2D eigenvalue weighted by atomic mass is 16.5. The summed E-state index contributed by atoms with van der Waals surface area (Å²) in [6.07, 6.45) is 0.646. The molecule has 0 radical (unpaired) electrons. The zero-order chi connectivity index (χ0) is 23.2. The van der Waals surface area contributed by atoms with Crippen LogP contribution in [0.2, 0.25) is 0 Å². The number of hydrogen-bond donors (Lipinski definition) is 1. The van der Waals surface area contributed by atoms with Gasteiger partial charge in [0.15, 0.2) is 0 Å². The van der Waals surface area contributed by atoms with Gasteiger partial charge in [0.2, 0.25) is 0 Å². The quantitative estimate of drug-likeness (QED) is 0.264. The minimum absolute atomic E-state index is 0.0864. The first-order chi connectivity index (χ1) is 16.0. The van der Waals surface area contributed by atoms with Gasteiger partial charge in [0.25, 0.3) is 5.91 Å². The third-order valence-corrected chi connectivity index (χ3v) is 5.01. The number of hydrogen-bond acceptors (Lipinski definition) is 6. The van der Waals surface area contributed by atoms with Crippen LogP contribution in [-0.2, 0) is 6.42 Å². The molecule has 7 heteroatoms. The normalized spacial score (nSPS) is 10.6. The predicted molar refractivity (Wildman–Crippen MR) is 123 cm³/mol. The number of methoxy groups -OCH3 is 1. The van der Waals surface area contributed by atoms with Crippen molar-refractivity contribution >= 4 is 22.8 Å². The van der Waals surface area contributed by atoms with Crippen LogP contribution in [0.1, 0.15) is 26.3 Å². The number of carbonyl (C=O) groups excluding carboxylic acids is 2. The molecular weight excluding hydrogens is 422 g/mol. The van der Waals surface area contributed by atoms with E-state index in [1.165, 1.54) is 19.2 Å². The van der Waals surface area contributed by atoms with E-state index < -0.39 is 17.5 Å². The van der Waals surface area contributed by atoms with Crippen molar-refractivity contribution in [2.24, 2.45) is 0 Å². The summed E-state index contributed by atoms with van der Waals surface area (Å²) in [5, 5.41) is 3.27. The second kappa shape index (κ2) is 9.82. The number of fused-ring (bicyclic) bond motifs is 1. The van der Waals surface area contributed by atoms with Gasteiger partial charge in [0.05, 0.1) is 12.7 Å². The van der Waals surface area contributed by atoms with E-state index in [4.69, 9.17) is 13.9 Å². The molecule has 0 bridgehead atoms. The Morgan fingerprint density at radius 3 is 2.52 bits per heavy atom. The average Bonchev–Trinajstić information content (AvgIpc) is 2.84. The summed E-state index contributed by atoms with van der Waals surface area (Å²) >= 11 is 0. The lowest BCUT2D eigenvalue weighted by atomic mass is 10.1. The highest BCUT2D eigenvalue weighted by Crippen LogP contribution is 2.22. The molecule has 4 aromatic rings. The Hall–Kier alpha value is -4.39. The van der Waals surface area contributed by atoms with Crippen LogP contribution < -0.4 is 20.4 Å². The first-order valence-corrected chi connectivity index (χ1v) is 10.3. The number of rotatable bonds is 7. The summed E-state index contributed by atoms with van der Waals surface area (Å²) in [6.45, 7) is 0.388. The number of ether oxygens (including phenoxy) is 2. The molecule has 0 saturated heterocycles. The maximum absolute atomic E-state index is 12.5. The van der Waals surface area contributed by atoms with E-state index in [9.17, 15) is 14.4 Å². The van der Waals surface area contributed by atoms with E-state index in [1.54, 1.807) is 36.4 Å². The molecule has 7 nitrogen and oxygen atoms in total. The van der Waals surface area contributed by atoms with Crippen molar-refractivity contribution in [1.29, 1.82) is 0 Å². The fourth-order valence-corrected chi connectivity index (χ4v) is 3.29. The van der Waals surface area contributed by atoms with Crippen molar-refractivity contribution in [2.45, 2.75) is 6.42 Å². The van der Waals surface area contributed by atoms with E-state index in [-0.39, 0.29) is 16.9 Å². The Morgan fingerprint density at radius 1 is 0.909 bits per heavy atom. The van der Waals surface area contributed by atoms with E-state index in [1.807, 2.05) is 30.3 Å². The predicted octanol–water partition coefficient (Wildman–Crippen LogP) is 3.99. The zero-order valence-electron chi connectivity index (χ0n) is 17.9. The van der Waals surface area contributed by atoms with Gasteiger partial charge in [-0.15, -0.1) is 0 Å². The summed E-state index contributed by atoms with van der Waals surface area (Å²) in [5.74, 6) is -0.345. The highest BCUT2D eigenvalue weighted by molar-refractivity contribution is 5.97. The van der Waals surface area contributed by atoms with Crippen LogP contribution in [0.5, 0.6) is 11.5 Å². The largest absolute Gasteiger partial charge is 0.497 e. The molecule has 1 N–H and O–H groups in total. The van der Waals surface area contributed by atoms with Crippen molar-refractivity contribution in [2.75, 3.05) is 13.7 Å². The lowest BCUT2D eigenvalue weighted by Gasteiger charge is -2.08. The second-order valence-corrected chi connectivity index (χ2v) is 7.26. The number of carbonyl (C=O) groups is 2. The van der Waals surface area contributed by atoms with Gasteiger partial charge >= 0.3 is 11.6 Å². The number of amides is 1. The lowest BCUT2D eigenvalue weighted by molar-refractivity contribution is 0.0734. The van der Waals surface area contributed by atoms with Crippen molar-refractivity contribution in [3.63, 3.8) is 0 Å². The van der Waals surface area contributed by atoms with Crippen LogP contribution in [0, 0.1) is 0 Å². The van der Waals surface area contributed by atoms with Gasteiger partial charge < -0.3 is 19.2 Å². The van der Waals surface area contributed by atoms with E-state index >= 15 is 0 Å². The highest BCUT2D eigenvalue weighted by Gasteiger charge is 2.15. The molecule has 0 saturated carbocycles. The average molecular weight is 443 g/mol. The first-order valence-electron chi connectivity index (χ1n) is 10.3. The van der Waals surface area contributed by atoms with Gasteiger partial charge in [0.1, 0.15) is 22.6 Å². The smallest absolute Gasteiger partial charge is 0.349 e. The number of esters is 1. The first kappa shape index (κ1) is 21.8. The summed E-state index contributed by atoms with van der Waals surface area (Å²) < 4.78 is 15.8. The molecule has 1 amide bonds. The minimum atomic E-state index is -0.768. The van der Waals surface area contributed by atoms with Crippen molar-refractivity contribution in [3.05, 3.63) is 106 Å². The molecule has 0 spiro atoms. The zero-order valence-corrected chi connectivity index (χ0v) is 17.9. The molecule has 166 valence electrons. The van der Waals surface area contributed by atoms with Crippen molar-refractivity contribution < 1.29 is 23.5 Å². The Balaban J connectivity index is 1.46. The summed E-state index contributed by atoms with van der Waals surface area (Å²) in [4.78, 5) is 37.3. The van der Waals surface area contributed by atoms with Gasteiger partial charge in [-0.2, -0.15) is 0 Å². The molecule has 0 atom stereocenters. The summed E-state index contributed by atoms with van der Waals surface area (Å²) in [5.41, 5.74) is 0.752. The van der Waals surface area contributed by atoms with Gasteiger partial charge in [-0.1, -0.05) is 36.4 Å². The number of nitrogens with one attached hydrogen (secondary N) is 1. The van der Waals surface area contributed by atoms with E-state index in [2.05, 4.69) is 5.32 Å². The monoisotopic (exact) mass is 443 g/mol. The Morgan fingerprint density at radius 2 is 1.73 bits per heavy atom. The van der Waals surface area contributed by atoms with Crippen LogP contribution >= 0.6 is 0 Å². The fraction of sp³-hybridized carbons (Fsp3) is 0.115. The molecule has 0 aliphatic rings. The van der Waals surface area contributed by atoms with E-state index in [0.29, 0.717) is 29.7 Å². The standard InChI is InChI=1S/C26H21NO6/c1-31-20-9-5-8-19(14-20)25(29)32-21-11-10-18-15-22(26(30)33-23(18)16-21)24(28)27-13-12-17-6-3-2-4-7-17/h2-11,14-16H,12-13H2,1H3,(H,27,28). The topological polar surface area (TPSA) is 94.8 Å². The van der Waals surface area contributed by atoms with Crippen molar-refractivity contribution in [1.82, 2.24) is 5.32 Å². The van der Waals surface area contributed by atoms with Crippen LogP contribution in [-0.4, -0.2) is 25.5 Å². The van der Waals surface area contributed by atoms with Crippen LogP contribution in [0.25, 0.3) is 11.0 Å². The van der Waals surface area contributed by atoms with Crippen molar-refractivity contribution in [3.8, 4) is 11.5 Å². The number of benzene rings is 3. The maximum atomic E-state index is 12.5. The Bertz CT molecular complexity index is 1360. The SMILES string of the molecule is COc1cccc(C(=O)Oc2ccc3cc(C(=O)NCCc4ccccc4)c(=O)oc3c2)c1. The maximum Gasteiger partial charge on any atom is 0.349 e. The molecule has 33 heavy (non-hydrogen) atoms. The minimum Gasteiger partial charge on any atom is -0.497 e. The van der Waals surface area contributed by atoms with Crippen LogP contribution in [0.4, 0.5) is 0 Å². The van der Waals surface area contributed by atoms with Gasteiger partial charge in [0, 0.05) is 18.0 Å². The van der Waals surface area contributed by atoms with Gasteiger partial charge in [-0.25, -0.2) is 9.59 Å². The van der Waals surface area contributed by atoms with Crippen LogP contribution in [0.3, 0.4) is 0 Å². The summed E-state index contributed by atoms with van der Waals surface area (Å²) in [7, 11) is 1.51. The van der Waals surface area contributed by atoms with Gasteiger partial charge in [-0.05, 0) is 48.4 Å². The molecular formula is C26H21NO6. The van der Waals surface area contributed by atoms with Crippen LogP contribution in [0.15, 0.2) is 88.1 Å². The lowest BCUT2D eigenvalue weighted by Crippen LogP contribution is -2.29. The summed E-state index contributed by atoms with van der Waals surface area (Å²) in [6, 6.07) is 22.4. The molecule has 0 aliphatic heterocycles.